The molecule has 2 heterocycles. The molecule has 5 nitrogen and oxygen atoms in total. The van der Waals surface area contributed by atoms with Crippen molar-refractivity contribution >= 4 is 11.7 Å². The first-order chi connectivity index (χ1) is 10.1. The summed E-state index contributed by atoms with van der Waals surface area (Å²) < 4.78 is 0. The molecule has 1 N–H and O–H groups in total. The number of hydrogen-bond donors (Lipinski definition) is 1. The van der Waals surface area contributed by atoms with Crippen LogP contribution in [0.3, 0.4) is 0 Å². The Bertz CT molecular complexity index is 591. The molecule has 0 aromatic carbocycles. The lowest BCUT2D eigenvalue weighted by Crippen LogP contribution is -2.27. The molecule has 2 rings (SSSR count). The van der Waals surface area contributed by atoms with Gasteiger partial charge in [0.2, 0.25) is 0 Å². The molecule has 1 amide bonds. The van der Waals surface area contributed by atoms with Crippen LogP contribution < -0.4 is 5.32 Å². The van der Waals surface area contributed by atoms with E-state index in [-0.39, 0.29) is 5.91 Å². The molecule has 5 heteroatoms. The van der Waals surface area contributed by atoms with E-state index in [1.807, 2.05) is 31.2 Å². The highest BCUT2D eigenvalue weighted by Crippen LogP contribution is 2.13. The van der Waals surface area contributed by atoms with Gasteiger partial charge in [-0.2, -0.15) is 0 Å². The summed E-state index contributed by atoms with van der Waals surface area (Å²) in [6.45, 7) is 2.51. The first-order valence-corrected chi connectivity index (χ1v) is 6.98. The van der Waals surface area contributed by atoms with Gasteiger partial charge >= 0.3 is 0 Å². The summed E-state index contributed by atoms with van der Waals surface area (Å²) in [4.78, 5) is 22.8. The molecule has 0 aliphatic carbocycles. The Morgan fingerprint density at radius 2 is 2.10 bits per heavy atom. The van der Waals surface area contributed by atoms with Crippen molar-refractivity contribution in [1.82, 2.24) is 14.9 Å². The topological polar surface area (TPSA) is 58.1 Å². The van der Waals surface area contributed by atoms with E-state index in [2.05, 4.69) is 15.3 Å². The average molecular weight is 284 g/mol. The monoisotopic (exact) mass is 284 g/mol. The smallest absolute Gasteiger partial charge is 0.254 e. The van der Waals surface area contributed by atoms with Gasteiger partial charge in [-0.15, -0.1) is 0 Å². The SMILES string of the molecule is CCc1cc(C(=O)N(C)Cc2ccccn2)cc(NC)n1. The number of nitrogens with one attached hydrogen (secondary N) is 1. The fraction of sp³-hybridized carbons (Fsp3) is 0.312. The van der Waals surface area contributed by atoms with Gasteiger partial charge in [0.05, 0.1) is 12.2 Å². The van der Waals surface area contributed by atoms with Gasteiger partial charge in [-0.3, -0.25) is 9.78 Å². The highest BCUT2D eigenvalue weighted by Gasteiger charge is 2.14. The summed E-state index contributed by atoms with van der Waals surface area (Å²) in [6.07, 6.45) is 2.52. The summed E-state index contributed by atoms with van der Waals surface area (Å²) >= 11 is 0. The van der Waals surface area contributed by atoms with Gasteiger partial charge in [-0.1, -0.05) is 13.0 Å². The van der Waals surface area contributed by atoms with Crippen molar-refractivity contribution in [3.8, 4) is 0 Å². The molecule has 0 saturated carbocycles. The Morgan fingerprint density at radius 1 is 1.29 bits per heavy atom. The summed E-state index contributed by atoms with van der Waals surface area (Å²) in [5.74, 6) is 0.679. The van der Waals surface area contributed by atoms with Crippen molar-refractivity contribution in [2.45, 2.75) is 19.9 Å². The summed E-state index contributed by atoms with van der Waals surface area (Å²) in [6, 6.07) is 9.31. The maximum atomic E-state index is 12.5. The maximum absolute atomic E-state index is 12.5. The van der Waals surface area contributed by atoms with E-state index in [4.69, 9.17) is 0 Å². The van der Waals surface area contributed by atoms with Gasteiger partial charge in [-0.05, 0) is 30.7 Å². The van der Waals surface area contributed by atoms with Crippen LogP contribution in [0.15, 0.2) is 36.5 Å². The first kappa shape index (κ1) is 15.0. The van der Waals surface area contributed by atoms with Crippen LogP contribution in [-0.4, -0.2) is 34.9 Å². The molecule has 0 aliphatic heterocycles. The van der Waals surface area contributed by atoms with Gasteiger partial charge in [0, 0.05) is 31.5 Å². The zero-order chi connectivity index (χ0) is 15.2. The molecule has 110 valence electrons. The molecular formula is C16H20N4O. The van der Waals surface area contributed by atoms with Crippen LogP contribution in [0.5, 0.6) is 0 Å². The van der Waals surface area contributed by atoms with Crippen LogP contribution in [0.2, 0.25) is 0 Å². The fourth-order valence-corrected chi connectivity index (χ4v) is 2.05. The Kier molecular flexibility index (Phi) is 4.87. The van der Waals surface area contributed by atoms with Crippen LogP contribution in [-0.2, 0) is 13.0 Å². The molecule has 0 atom stereocenters. The third-order valence-corrected chi connectivity index (χ3v) is 3.22. The van der Waals surface area contributed by atoms with Gasteiger partial charge < -0.3 is 10.2 Å². The number of amides is 1. The van der Waals surface area contributed by atoms with E-state index < -0.39 is 0 Å². The highest BCUT2D eigenvalue weighted by atomic mass is 16.2. The summed E-state index contributed by atoms with van der Waals surface area (Å²) in [7, 11) is 3.58. The average Bonchev–Trinajstić information content (AvgIpc) is 2.54. The zero-order valence-corrected chi connectivity index (χ0v) is 12.6. The van der Waals surface area contributed by atoms with E-state index in [9.17, 15) is 4.79 Å². The normalized spacial score (nSPS) is 10.2. The molecule has 0 bridgehead atoms. The highest BCUT2D eigenvalue weighted by molar-refractivity contribution is 5.94. The number of carbonyl (C=O) groups is 1. The molecule has 0 spiro atoms. The van der Waals surface area contributed by atoms with E-state index in [1.165, 1.54) is 0 Å². The predicted molar refractivity (Wildman–Crippen MR) is 83.2 cm³/mol. The van der Waals surface area contributed by atoms with Crippen LogP contribution in [0.25, 0.3) is 0 Å². The van der Waals surface area contributed by atoms with Gasteiger partial charge in [0.1, 0.15) is 5.82 Å². The summed E-state index contributed by atoms with van der Waals surface area (Å²) in [5, 5.41) is 2.99. The lowest BCUT2D eigenvalue weighted by Gasteiger charge is -2.17. The molecule has 0 saturated heterocycles. The first-order valence-electron chi connectivity index (χ1n) is 6.98. The van der Waals surface area contributed by atoms with Crippen LogP contribution in [0.1, 0.15) is 28.7 Å². The number of anilines is 1. The van der Waals surface area contributed by atoms with Crippen molar-refractivity contribution in [3.63, 3.8) is 0 Å². The molecular weight excluding hydrogens is 264 g/mol. The molecule has 0 aliphatic rings. The van der Waals surface area contributed by atoms with Crippen molar-refractivity contribution in [3.05, 3.63) is 53.5 Å². The second-order valence-electron chi connectivity index (χ2n) is 4.82. The van der Waals surface area contributed by atoms with Crippen molar-refractivity contribution < 1.29 is 4.79 Å². The maximum Gasteiger partial charge on any atom is 0.254 e. The third kappa shape index (κ3) is 3.78. The number of pyridine rings is 2. The number of aromatic nitrogens is 2. The Labute approximate surface area is 125 Å². The van der Waals surface area contributed by atoms with Crippen LogP contribution >= 0.6 is 0 Å². The van der Waals surface area contributed by atoms with E-state index in [0.717, 1.165) is 17.8 Å². The quantitative estimate of drug-likeness (QED) is 0.915. The Hall–Kier alpha value is -2.43. The largest absolute Gasteiger partial charge is 0.373 e. The molecule has 0 unspecified atom stereocenters. The second-order valence-corrected chi connectivity index (χ2v) is 4.82. The Morgan fingerprint density at radius 3 is 2.71 bits per heavy atom. The standard InChI is InChI=1S/C16H20N4O/c1-4-13-9-12(10-15(17-2)19-13)16(21)20(3)11-14-7-5-6-8-18-14/h5-10H,4,11H2,1-3H3,(H,17,19). The molecule has 0 radical (unpaired) electrons. The number of nitrogens with zero attached hydrogens (tertiary/aromatic N) is 3. The van der Waals surface area contributed by atoms with Gasteiger partial charge in [0.15, 0.2) is 0 Å². The number of carbonyl (C=O) groups excluding carboxylic acids is 1. The predicted octanol–water partition coefficient (Wildman–Crippen LogP) is 2.35. The number of hydrogen-bond acceptors (Lipinski definition) is 4. The Balaban J connectivity index is 2.19. The minimum Gasteiger partial charge on any atom is -0.373 e. The van der Waals surface area contributed by atoms with E-state index in [1.54, 1.807) is 31.3 Å². The van der Waals surface area contributed by atoms with Crippen molar-refractivity contribution in [2.24, 2.45) is 0 Å². The lowest BCUT2D eigenvalue weighted by atomic mass is 10.1. The fourth-order valence-electron chi connectivity index (χ4n) is 2.05. The third-order valence-electron chi connectivity index (χ3n) is 3.22. The van der Waals surface area contributed by atoms with Gasteiger partial charge in [0.25, 0.3) is 5.91 Å². The second kappa shape index (κ2) is 6.83. The molecule has 2 aromatic rings. The molecule has 21 heavy (non-hydrogen) atoms. The molecule has 2 aromatic heterocycles. The number of aryl methyl sites for hydroxylation is 1. The minimum absolute atomic E-state index is 0.0331. The van der Waals surface area contributed by atoms with Gasteiger partial charge in [-0.25, -0.2) is 4.98 Å². The lowest BCUT2D eigenvalue weighted by molar-refractivity contribution is 0.0783. The molecule has 0 fully saturated rings. The van der Waals surface area contributed by atoms with Crippen LogP contribution in [0.4, 0.5) is 5.82 Å². The van der Waals surface area contributed by atoms with Crippen molar-refractivity contribution in [1.29, 1.82) is 0 Å². The van der Waals surface area contributed by atoms with E-state index >= 15 is 0 Å². The number of rotatable bonds is 5. The summed E-state index contributed by atoms with van der Waals surface area (Å²) in [5.41, 5.74) is 2.41. The minimum atomic E-state index is -0.0331. The zero-order valence-electron chi connectivity index (χ0n) is 12.6. The van der Waals surface area contributed by atoms with Crippen LogP contribution in [0, 0.1) is 0 Å². The van der Waals surface area contributed by atoms with Crippen molar-refractivity contribution in [2.75, 3.05) is 19.4 Å². The van der Waals surface area contributed by atoms with E-state index in [0.29, 0.717) is 17.9 Å².